The zero-order valence-electron chi connectivity index (χ0n) is 11.9. The first-order valence-corrected chi connectivity index (χ1v) is 6.70. The third-order valence-electron chi connectivity index (χ3n) is 3.01. The van der Waals surface area contributed by atoms with Crippen LogP contribution in [0.3, 0.4) is 0 Å². The molecule has 0 spiro atoms. The van der Waals surface area contributed by atoms with Crippen molar-refractivity contribution >= 4 is 0 Å². The summed E-state index contributed by atoms with van der Waals surface area (Å²) < 4.78 is 13.6. The van der Waals surface area contributed by atoms with Gasteiger partial charge in [0, 0.05) is 19.0 Å². The molecule has 0 unspecified atom stereocenters. The maximum absolute atomic E-state index is 13.6. The van der Waals surface area contributed by atoms with E-state index in [1.165, 1.54) is 6.07 Å². The van der Waals surface area contributed by atoms with Gasteiger partial charge in [0.1, 0.15) is 5.82 Å². The molecule has 1 N–H and O–H groups in total. The van der Waals surface area contributed by atoms with Crippen LogP contribution in [-0.4, -0.2) is 29.2 Å². The summed E-state index contributed by atoms with van der Waals surface area (Å²) in [5.74, 6) is 5.22. The highest BCUT2D eigenvalue weighted by molar-refractivity contribution is 5.38. The number of nitrogens with zero attached hydrogens (tertiary/aromatic N) is 1. The highest BCUT2D eigenvalue weighted by atomic mass is 19.1. The molecule has 0 aliphatic rings. The molecule has 0 saturated heterocycles. The maximum atomic E-state index is 13.6. The van der Waals surface area contributed by atoms with Crippen LogP contribution >= 0.6 is 0 Å². The number of benzene rings is 1. The number of hydrogen-bond donors (Lipinski definition) is 1. The Morgan fingerprint density at radius 3 is 2.68 bits per heavy atom. The Bertz CT molecular complexity index is 460. The summed E-state index contributed by atoms with van der Waals surface area (Å²) in [5.41, 5.74) is 1.47. The van der Waals surface area contributed by atoms with Crippen molar-refractivity contribution in [2.75, 3.05) is 13.2 Å². The summed E-state index contributed by atoms with van der Waals surface area (Å²) in [6, 6.07) is 5.52. The second-order valence-electron chi connectivity index (χ2n) is 4.75. The SMILES string of the molecule is CCN(Cc1ccc(F)c(C#CCCO)c1)C(C)C. The summed E-state index contributed by atoms with van der Waals surface area (Å²) in [6.45, 7) is 8.17. The monoisotopic (exact) mass is 263 g/mol. The smallest absolute Gasteiger partial charge is 0.138 e. The van der Waals surface area contributed by atoms with E-state index in [2.05, 4.69) is 37.5 Å². The third-order valence-corrected chi connectivity index (χ3v) is 3.01. The van der Waals surface area contributed by atoms with Crippen LogP contribution in [-0.2, 0) is 6.54 Å². The van der Waals surface area contributed by atoms with Gasteiger partial charge in [0.25, 0.3) is 0 Å². The van der Waals surface area contributed by atoms with Crippen molar-refractivity contribution in [2.24, 2.45) is 0 Å². The zero-order valence-corrected chi connectivity index (χ0v) is 11.9. The fourth-order valence-corrected chi connectivity index (χ4v) is 1.87. The van der Waals surface area contributed by atoms with Gasteiger partial charge in [-0.05, 0) is 38.1 Å². The molecule has 0 atom stereocenters. The van der Waals surface area contributed by atoms with Crippen molar-refractivity contribution in [1.29, 1.82) is 0 Å². The highest BCUT2D eigenvalue weighted by Gasteiger charge is 2.09. The summed E-state index contributed by atoms with van der Waals surface area (Å²) in [4.78, 5) is 2.30. The van der Waals surface area contributed by atoms with Crippen molar-refractivity contribution < 1.29 is 9.50 Å². The lowest BCUT2D eigenvalue weighted by Gasteiger charge is -2.24. The van der Waals surface area contributed by atoms with Gasteiger partial charge in [0.2, 0.25) is 0 Å². The van der Waals surface area contributed by atoms with Gasteiger partial charge < -0.3 is 5.11 Å². The molecule has 1 aromatic carbocycles. The van der Waals surface area contributed by atoms with Crippen LogP contribution in [0.1, 0.15) is 38.3 Å². The summed E-state index contributed by atoms with van der Waals surface area (Å²) in [6.07, 6.45) is 0.372. The summed E-state index contributed by atoms with van der Waals surface area (Å²) >= 11 is 0. The third kappa shape index (κ3) is 5.02. The van der Waals surface area contributed by atoms with Crippen LogP contribution in [0.15, 0.2) is 18.2 Å². The van der Waals surface area contributed by atoms with E-state index in [4.69, 9.17) is 5.11 Å². The van der Waals surface area contributed by atoms with Gasteiger partial charge in [-0.15, -0.1) is 0 Å². The molecule has 1 rings (SSSR count). The molecule has 0 heterocycles. The second-order valence-corrected chi connectivity index (χ2v) is 4.75. The lowest BCUT2D eigenvalue weighted by Crippen LogP contribution is -2.29. The Kier molecular flexibility index (Phi) is 6.55. The minimum Gasteiger partial charge on any atom is -0.395 e. The topological polar surface area (TPSA) is 23.5 Å². The van der Waals surface area contributed by atoms with E-state index >= 15 is 0 Å². The Hall–Kier alpha value is -1.37. The number of aliphatic hydroxyl groups excluding tert-OH is 1. The van der Waals surface area contributed by atoms with Gasteiger partial charge in [-0.25, -0.2) is 4.39 Å². The van der Waals surface area contributed by atoms with Crippen molar-refractivity contribution in [1.82, 2.24) is 4.90 Å². The van der Waals surface area contributed by atoms with E-state index in [-0.39, 0.29) is 12.4 Å². The average Bonchev–Trinajstić information content (AvgIpc) is 2.39. The van der Waals surface area contributed by atoms with Gasteiger partial charge in [0.05, 0.1) is 12.2 Å². The Balaban J connectivity index is 2.87. The largest absolute Gasteiger partial charge is 0.395 e. The molecule has 3 heteroatoms. The number of rotatable bonds is 5. The van der Waals surface area contributed by atoms with Crippen LogP contribution in [0, 0.1) is 17.7 Å². The van der Waals surface area contributed by atoms with Crippen LogP contribution in [0.2, 0.25) is 0 Å². The van der Waals surface area contributed by atoms with Crippen molar-refractivity contribution in [3.63, 3.8) is 0 Å². The molecule has 0 aliphatic carbocycles. The predicted octanol–water partition coefficient (Wildman–Crippen LogP) is 2.79. The lowest BCUT2D eigenvalue weighted by atomic mass is 10.1. The number of hydrogen-bond acceptors (Lipinski definition) is 2. The van der Waals surface area contributed by atoms with Gasteiger partial charge >= 0.3 is 0 Å². The molecule has 104 valence electrons. The summed E-state index contributed by atoms with van der Waals surface area (Å²) in [5, 5.41) is 8.68. The van der Waals surface area contributed by atoms with Crippen LogP contribution in [0.25, 0.3) is 0 Å². The molecular weight excluding hydrogens is 241 g/mol. The zero-order chi connectivity index (χ0) is 14.3. The molecule has 1 aromatic rings. The lowest BCUT2D eigenvalue weighted by molar-refractivity contribution is 0.225. The van der Waals surface area contributed by atoms with E-state index in [0.29, 0.717) is 18.0 Å². The van der Waals surface area contributed by atoms with Gasteiger partial charge in [0.15, 0.2) is 0 Å². The summed E-state index contributed by atoms with van der Waals surface area (Å²) in [7, 11) is 0. The van der Waals surface area contributed by atoms with E-state index in [9.17, 15) is 4.39 Å². The first kappa shape index (κ1) is 15.7. The average molecular weight is 263 g/mol. The maximum Gasteiger partial charge on any atom is 0.138 e. The highest BCUT2D eigenvalue weighted by Crippen LogP contribution is 2.13. The Morgan fingerprint density at radius 1 is 1.37 bits per heavy atom. The van der Waals surface area contributed by atoms with Gasteiger partial charge in [-0.1, -0.05) is 24.8 Å². The number of aliphatic hydroxyl groups is 1. The molecule has 2 nitrogen and oxygen atoms in total. The molecule has 0 bridgehead atoms. The van der Waals surface area contributed by atoms with E-state index in [1.807, 2.05) is 0 Å². The van der Waals surface area contributed by atoms with Crippen molar-refractivity contribution in [2.45, 2.75) is 39.8 Å². The van der Waals surface area contributed by atoms with Crippen LogP contribution in [0.5, 0.6) is 0 Å². The minimum absolute atomic E-state index is 0.00523. The Morgan fingerprint density at radius 2 is 2.11 bits per heavy atom. The molecule has 0 fully saturated rings. The van der Waals surface area contributed by atoms with E-state index < -0.39 is 0 Å². The number of halogens is 1. The molecular formula is C16H22FNO. The first-order valence-electron chi connectivity index (χ1n) is 6.70. The van der Waals surface area contributed by atoms with Crippen LogP contribution in [0.4, 0.5) is 4.39 Å². The molecule has 0 radical (unpaired) electrons. The quantitative estimate of drug-likeness (QED) is 0.826. The predicted molar refractivity (Wildman–Crippen MR) is 76.2 cm³/mol. The van der Waals surface area contributed by atoms with Crippen LogP contribution < -0.4 is 0 Å². The standard InChI is InChI=1S/C16H22FNO/c1-4-18(13(2)3)12-14-8-9-16(17)15(11-14)7-5-6-10-19/h8-9,11,13,19H,4,6,10,12H2,1-3H3. The second kappa shape index (κ2) is 7.93. The fourth-order valence-electron chi connectivity index (χ4n) is 1.87. The first-order chi connectivity index (χ1) is 9.08. The van der Waals surface area contributed by atoms with Gasteiger partial charge in [-0.2, -0.15) is 0 Å². The fraction of sp³-hybridized carbons (Fsp3) is 0.500. The Labute approximate surface area is 115 Å². The van der Waals surface area contributed by atoms with E-state index in [0.717, 1.165) is 18.7 Å². The molecule has 0 saturated carbocycles. The van der Waals surface area contributed by atoms with Gasteiger partial charge in [-0.3, -0.25) is 4.90 Å². The molecule has 0 aliphatic heterocycles. The van der Waals surface area contributed by atoms with Crippen molar-refractivity contribution in [3.8, 4) is 11.8 Å². The molecule has 0 amide bonds. The molecule has 19 heavy (non-hydrogen) atoms. The minimum atomic E-state index is -0.304. The van der Waals surface area contributed by atoms with Crippen molar-refractivity contribution in [3.05, 3.63) is 35.1 Å². The van der Waals surface area contributed by atoms with E-state index in [1.54, 1.807) is 12.1 Å². The normalized spacial score (nSPS) is 10.7. The molecule has 0 aromatic heterocycles.